The largest absolute Gasteiger partial charge is 0.477 e. The summed E-state index contributed by atoms with van der Waals surface area (Å²) in [5.74, 6) is 0.178. The highest BCUT2D eigenvalue weighted by Gasteiger charge is 2.39. The van der Waals surface area contributed by atoms with Gasteiger partial charge < -0.3 is 10.2 Å². The highest BCUT2D eigenvalue weighted by Crippen LogP contribution is 2.20. The Bertz CT molecular complexity index is 344. The molecule has 1 aliphatic heterocycles. The Labute approximate surface area is 128 Å². The van der Waals surface area contributed by atoms with Gasteiger partial charge in [-0.3, -0.25) is 4.48 Å². The van der Waals surface area contributed by atoms with Crippen LogP contribution in [0.3, 0.4) is 0 Å². The average molecular weight is 299 g/mol. The third kappa shape index (κ3) is 6.14. The molecule has 0 saturated heterocycles. The molecule has 2 N–H and O–H groups in total. The number of rotatable bonds is 12. The van der Waals surface area contributed by atoms with Crippen molar-refractivity contribution in [3.63, 3.8) is 0 Å². The molecular weight excluding hydrogens is 268 g/mol. The second-order valence-electron chi connectivity index (χ2n) is 6.04. The molecule has 5 nitrogen and oxygen atoms in total. The molecule has 0 spiro atoms. The van der Waals surface area contributed by atoms with Crippen LogP contribution < -0.4 is 0 Å². The van der Waals surface area contributed by atoms with Gasteiger partial charge in [0.05, 0.1) is 13.2 Å². The normalized spacial score (nSPS) is 21.5. The number of quaternary nitrogens is 1. The Hall–Kier alpha value is -0.940. The SMILES string of the molecule is CCCCCCCCCC1=NCC[N+]1(CCO)CC(=O)O. The van der Waals surface area contributed by atoms with Crippen molar-refractivity contribution >= 4 is 11.8 Å². The van der Waals surface area contributed by atoms with E-state index >= 15 is 0 Å². The van der Waals surface area contributed by atoms with E-state index in [2.05, 4.69) is 11.9 Å². The summed E-state index contributed by atoms with van der Waals surface area (Å²) in [6, 6.07) is 0. The maximum absolute atomic E-state index is 11.1. The number of aliphatic imine (C=N–C) groups is 1. The van der Waals surface area contributed by atoms with E-state index in [0.29, 0.717) is 17.6 Å². The summed E-state index contributed by atoms with van der Waals surface area (Å²) in [5.41, 5.74) is 0. The molecule has 0 aromatic heterocycles. The number of unbranched alkanes of at least 4 members (excludes halogenated alkanes) is 6. The van der Waals surface area contributed by atoms with Crippen molar-refractivity contribution in [1.29, 1.82) is 0 Å². The zero-order chi connectivity index (χ0) is 15.6. The molecule has 1 aliphatic rings. The average Bonchev–Trinajstić information content (AvgIpc) is 2.80. The molecule has 0 bridgehead atoms. The lowest BCUT2D eigenvalue weighted by Crippen LogP contribution is -2.55. The monoisotopic (exact) mass is 299 g/mol. The van der Waals surface area contributed by atoms with Gasteiger partial charge in [-0.15, -0.1) is 0 Å². The topological polar surface area (TPSA) is 69.9 Å². The number of hydrogen-bond acceptors (Lipinski definition) is 3. The molecule has 122 valence electrons. The minimum Gasteiger partial charge on any atom is -0.477 e. The van der Waals surface area contributed by atoms with E-state index < -0.39 is 5.97 Å². The number of carbonyl (C=O) groups is 1. The summed E-state index contributed by atoms with van der Waals surface area (Å²) in [6.45, 7) is 4.18. The molecule has 1 unspecified atom stereocenters. The maximum atomic E-state index is 11.1. The summed E-state index contributed by atoms with van der Waals surface area (Å²) in [5, 5.41) is 18.4. The first-order valence-corrected chi connectivity index (χ1v) is 8.37. The molecule has 0 fully saturated rings. The Morgan fingerprint density at radius 1 is 1.19 bits per heavy atom. The van der Waals surface area contributed by atoms with Gasteiger partial charge in [0.25, 0.3) is 0 Å². The van der Waals surface area contributed by atoms with Gasteiger partial charge in [-0.2, -0.15) is 0 Å². The number of carboxylic acids is 1. The molecule has 0 aromatic carbocycles. The van der Waals surface area contributed by atoms with E-state index in [9.17, 15) is 9.90 Å². The summed E-state index contributed by atoms with van der Waals surface area (Å²) < 4.78 is 0.363. The van der Waals surface area contributed by atoms with Crippen LogP contribution in [0.15, 0.2) is 4.99 Å². The molecule has 0 aliphatic carbocycles. The van der Waals surface area contributed by atoms with E-state index in [1.54, 1.807) is 0 Å². The zero-order valence-electron chi connectivity index (χ0n) is 13.4. The molecule has 0 amide bonds. The van der Waals surface area contributed by atoms with Crippen molar-refractivity contribution in [1.82, 2.24) is 0 Å². The lowest BCUT2D eigenvalue weighted by molar-refractivity contribution is -0.829. The maximum Gasteiger partial charge on any atom is 0.359 e. The van der Waals surface area contributed by atoms with Gasteiger partial charge in [-0.1, -0.05) is 45.4 Å². The minimum atomic E-state index is -0.808. The van der Waals surface area contributed by atoms with Crippen molar-refractivity contribution in [3.8, 4) is 0 Å². The molecule has 0 aromatic rings. The van der Waals surface area contributed by atoms with Crippen LogP contribution in [0.1, 0.15) is 58.3 Å². The van der Waals surface area contributed by atoms with Crippen molar-refractivity contribution in [2.75, 3.05) is 32.8 Å². The number of aliphatic carboxylic acids is 1. The van der Waals surface area contributed by atoms with Crippen molar-refractivity contribution in [2.45, 2.75) is 58.3 Å². The fourth-order valence-corrected chi connectivity index (χ4v) is 3.15. The van der Waals surface area contributed by atoms with Crippen LogP contribution in [-0.2, 0) is 4.79 Å². The predicted molar refractivity (Wildman–Crippen MR) is 84.5 cm³/mol. The number of aliphatic hydroxyl groups is 1. The number of amidine groups is 1. The first kappa shape index (κ1) is 18.1. The zero-order valence-corrected chi connectivity index (χ0v) is 13.4. The van der Waals surface area contributed by atoms with Gasteiger partial charge in [0, 0.05) is 6.42 Å². The lowest BCUT2D eigenvalue weighted by Gasteiger charge is -2.32. The Morgan fingerprint density at radius 3 is 2.48 bits per heavy atom. The van der Waals surface area contributed by atoms with Crippen LogP contribution in [0.25, 0.3) is 0 Å². The van der Waals surface area contributed by atoms with Gasteiger partial charge in [0.15, 0.2) is 12.4 Å². The van der Waals surface area contributed by atoms with Gasteiger partial charge in [-0.25, -0.2) is 9.79 Å². The third-order valence-corrected chi connectivity index (χ3v) is 4.34. The van der Waals surface area contributed by atoms with Gasteiger partial charge in [-0.05, 0) is 6.42 Å². The standard InChI is InChI=1S/C16H30N2O3/c1-2-3-4-5-6-7-8-9-15-17-10-11-18(15,12-13-19)14-16(20)21/h19H,2-14H2,1H3/p+1. The summed E-state index contributed by atoms with van der Waals surface area (Å²) in [4.78, 5) is 15.6. The Kier molecular flexibility index (Phi) is 8.54. The summed E-state index contributed by atoms with van der Waals surface area (Å²) in [6.07, 6.45) is 9.61. The van der Waals surface area contributed by atoms with E-state index in [1.807, 2.05) is 0 Å². The van der Waals surface area contributed by atoms with Crippen molar-refractivity contribution in [3.05, 3.63) is 0 Å². The van der Waals surface area contributed by atoms with Crippen LogP contribution in [0.4, 0.5) is 0 Å². The van der Waals surface area contributed by atoms with Crippen molar-refractivity contribution in [2.24, 2.45) is 4.99 Å². The second-order valence-corrected chi connectivity index (χ2v) is 6.04. The molecule has 1 heterocycles. The number of hydrogen-bond donors (Lipinski definition) is 2. The van der Waals surface area contributed by atoms with Crippen LogP contribution in [0.2, 0.25) is 0 Å². The molecule has 0 saturated carbocycles. The lowest BCUT2D eigenvalue weighted by atomic mass is 10.1. The van der Waals surface area contributed by atoms with E-state index in [-0.39, 0.29) is 13.2 Å². The first-order valence-electron chi connectivity index (χ1n) is 8.37. The van der Waals surface area contributed by atoms with Crippen LogP contribution in [0, 0.1) is 0 Å². The Morgan fingerprint density at radius 2 is 1.86 bits per heavy atom. The summed E-state index contributed by atoms with van der Waals surface area (Å²) >= 11 is 0. The molecule has 0 radical (unpaired) electrons. The third-order valence-electron chi connectivity index (χ3n) is 4.34. The fraction of sp³-hybridized carbons (Fsp3) is 0.875. The molecular formula is C16H31N2O3+. The second kappa shape index (κ2) is 9.90. The van der Waals surface area contributed by atoms with E-state index in [4.69, 9.17) is 5.11 Å². The van der Waals surface area contributed by atoms with E-state index in [1.165, 1.54) is 38.5 Å². The molecule has 1 atom stereocenters. The van der Waals surface area contributed by atoms with Crippen LogP contribution >= 0.6 is 0 Å². The Balaban J connectivity index is 2.35. The highest BCUT2D eigenvalue weighted by molar-refractivity contribution is 5.80. The number of nitrogens with zero attached hydrogens (tertiary/aromatic N) is 2. The van der Waals surface area contributed by atoms with E-state index in [0.717, 1.165) is 25.2 Å². The quantitative estimate of drug-likeness (QED) is 0.429. The minimum absolute atomic E-state index is 0.0172. The fourth-order valence-electron chi connectivity index (χ4n) is 3.15. The van der Waals surface area contributed by atoms with Crippen LogP contribution in [0.5, 0.6) is 0 Å². The number of aliphatic hydroxyl groups excluding tert-OH is 1. The van der Waals surface area contributed by atoms with Crippen molar-refractivity contribution < 1.29 is 19.5 Å². The van der Waals surface area contributed by atoms with Gasteiger partial charge in [0.2, 0.25) is 0 Å². The van der Waals surface area contributed by atoms with Gasteiger partial charge in [0.1, 0.15) is 13.1 Å². The summed E-state index contributed by atoms with van der Waals surface area (Å²) in [7, 11) is 0. The number of carboxylic acid groups (broad SMARTS) is 1. The molecule has 5 heteroatoms. The highest BCUT2D eigenvalue weighted by atomic mass is 16.4. The molecule has 1 rings (SSSR count). The van der Waals surface area contributed by atoms with Gasteiger partial charge >= 0.3 is 5.97 Å². The smallest absolute Gasteiger partial charge is 0.359 e. The molecule has 21 heavy (non-hydrogen) atoms. The predicted octanol–water partition coefficient (Wildman–Crippen LogP) is 2.43. The van der Waals surface area contributed by atoms with Crippen LogP contribution in [-0.4, -0.2) is 59.3 Å². The first-order chi connectivity index (χ1) is 10.1.